The van der Waals surface area contributed by atoms with Gasteiger partial charge in [-0.25, -0.2) is 9.67 Å². The third-order valence-electron chi connectivity index (χ3n) is 1.94. The molecule has 14 heavy (non-hydrogen) atoms. The molecule has 0 amide bonds. The van der Waals surface area contributed by atoms with Crippen molar-refractivity contribution in [2.75, 3.05) is 0 Å². The fourth-order valence-corrected chi connectivity index (χ4v) is 1.21. The second-order valence-corrected chi connectivity index (χ2v) is 2.83. The number of nitrogens with one attached hydrogen (secondary N) is 1. The zero-order valence-electron chi connectivity index (χ0n) is 7.34. The number of nitrogens with zero attached hydrogens (tertiary/aromatic N) is 3. The maximum absolute atomic E-state index is 11.3. The van der Waals surface area contributed by atoms with Crippen LogP contribution in [0.2, 0.25) is 0 Å². The van der Waals surface area contributed by atoms with Crippen molar-refractivity contribution in [1.82, 2.24) is 19.7 Å². The van der Waals surface area contributed by atoms with Crippen LogP contribution in [0.5, 0.6) is 0 Å². The van der Waals surface area contributed by atoms with Crippen LogP contribution in [-0.4, -0.2) is 24.9 Å². The average Bonchev–Trinajstić information content (AvgIpc) is 2.62. The van der Waals surface area contributed by atoms with E-state index in [4.69, 9.17) is 0 Å². The summed E-state index contributed by atoms with van der Waals surface area (Å²) < 4.78 is 1.28. The second kappa shape index (κ2) is 3.22. The molecular formula is C8H9N4O2. The Morgan fingerprint density at radius 3 is 3.21 bits per heavy atom. The molecule has 0 aliphatic carbocycles. The summed E-state index contributed by atoms with van der Waals surface area (Å²) in [6.07, 6.45) is 2.08. The van der Waals surface area contributed by atoms with Crippen molar-refractivity contribution in [2.45, 2.75) is 12.6 Å². The normalized spacial score (nSPS) is 13.3. The minimum atomic E-state index is -0.846. The number of hydrogen-bond donors (Lipinski definition) is 2. The quantitative estimate of drug-likeness (QED) is 0.693. The van der Waals surface area contributed by atoms with Crippen LogP contribution >= 0.6 is 0 Å². The van der Waals surface area contributed by atoms with Crippen LogP contribution in [-0.2, 0) is 0 Å². The lowest BCUT2D eigenvalue weighted by Crippen LogP contribution is -2.11. The first-order chi connectivity index (χ1) is 6.74. The fraction of sp³-hybridized carbons (Fsp3) is 0.250. The molecule has 0 bridgehead atoms. The maximum atomic E-state index is 11.3. The van der Waals surface area contributed by atoms with Crippen LogP contribution < -0.4 is 5.56 Å². The molecule has 1 radical (unpaired) electrons. The molecular weight excluding hydrogens is 184 g/mol. The van der Waals surface area contributed by atoms with Crippen molar-refractivity contribution < 1.29 is 5.11 Å². The predicted octanol–water partition coefficient (Wildman–Crippen LogP) is -0.165. The SMILES string of the molecule is [CH2]CC(O)n1ncc2c(=O)[nH]cnc21. The summed E-state index contributed by atoms with van der Waals surface area (Å²) in [5.74, 6) is 0. The van der Waals surface area contributed by atoms with Crippen molar-refractivity contribution in [3.8, 4) is 0 Å². The maximum Gasteiger partial charge on any atom is 0.261 e. The number of H-pyrrole nitrogens is 1. The monoisotopic (exact) mass is 193 g/mol. The van der Waals surface area contributed by atoms with Crippen molar-refractivity contribution in [3.05, 3.63) is 29.8 Å². The fourth-order valence-electron chi connectivity index (χ4n) is 1.21. The summed E-state index contributed by atoms with van der Waals surface area (Å²) in [6, 6.07) is 0. The van der Waals surface area contributed by atoms with Gasteiger partial charge < -0.3 is 10.1 Å². The molecule has 1 unspecified atom stereocenters. The third kappa shape index (κ3) is 1.20. The smallest absolute Gasteiger partial charge is 0.261 e. The van der Waals surface area contributed by atoms with Gasteiger partial charge in [-0.3, -0.25) is 4.79 Å². The Bertz CT molecular complexity index is 501. The van der Waals surface area contributed by atoms with E-state index in [0.29, 0.717) is 11.0 Å². The van der Waals surface area contributed by atoms with E-state index in [1.807, 2.05) is 0 Å². The molecule has 6 heteroatoms. The number of aromatic nitrogens is 4. The Morgan fingerprint density at radius 2 is 2.50 bits per heavy atom. The van der Waals surface area contributed by atoms with Gasteiger partial charge in [0.15, 0.2) is 5.65 Å². The van der Waals surface area contributed by atoms with Crippen LogP contribution in [0.1, 0.15) is 12.6 Å². The molecule has 1 atom stereocenters. The Kier molecular flexibility index (Phi) is 2.05. The van der Waals surface area contributed by atoms with Gasteiger partial charge in [0.1, 0.15) is 11.6 Å². The van der Waals surface area contributed by atoms with Crippen molar-refractivity contribution in [1.29, 1.82) is 0 Å². The van der Waals surface area contributed by atoms with Gasteiger partial charge in [0, 0.05) is 0 Å². The zero-order chi connectivity index (χ0) is 10.1. The van der Waals surface area contributed by atoms with Crippen LogP contribution in [0.3, 0.4) is 0 Å². The second-order valence-electron chi connectivity index (χ2n) is 2.83. The third-order valence-corrected chi connectivity index (χ3v) is 1.94. The number of rotatable bonds is 2. The first kappa shape index (κ1) is 8.89. The first-order valence-corrected chi connectivity index (χ1v) is 4.12. The molecule has 0 saturated heterocycles. The van der Waals surface area contributed by atoms with E-state index in [1.54, 1.807) is 0 Å². The predicted molar refractivity (Wildman–Crippen MR) is 49.4 cm³/mol. The molecule has 6 nitrogen and oxygen atoms in total. The average molecular weight is 193 g/mol. The van der Waals surface area contributed by atoms with E-state index < -0.39 is 6.23 Å². The molecule has 0 saturated carbocycles. The van der Waals surface area contributed by atoms with E-state index in [2.05, 4.69) is 22.0 Å². The molecule has 0 spiro atoms. The molecule has 2 aromatic rings. The van der Waals surface area contributed by atoms with Crippen LogP contribution in [0.15, 0.2) is 17.3 Å². The lowest BCUT2D eigenvalue weighted by atomic mass is 10.4. The highest BCUT2D eigenvalue weighted by molar-refractivity contribution is 5.72. The van der Waals surface area contributed by atoms with Gasteiger partial charge in [0.25, 0.3) is 5.56 Å². The molecule has 0 fully saturated rings. The van der Waals surface area contributed by atoms with E-state index in [0.717, 1.165) is 0 Å². The lowest BCUT2D eigenvalue weighted by Gasteiger charge is -2.07. The Morgan fingerprint density at radius 1 is 1.71 bits per heavy atom. The van der Waals surface area contributed by atoms with E-state index in [1.165, 1.54) is 17.2 Å². The topological polar surface area (TPSA) is 83.8 Å². The minimum absolute atomic E-state index is 0.266. The molecule has 0 aliphatic heterocycles. The van der Waals surface area contributed by atoms with Crippen LogP contribution in [0.4, 0.5) is 0 Å². The minimum Gasteiger partial charge on any atom is -0.372 e. The van der Waals surface area contributed by atoms with Gasteiger partial charge in [-0.1, -0.05) is 0 Å². The Labute approximate surface area is 79.2 Å². The molecule has 2 rings (SSSR count). The standard InChI is InChI=1S/C8H9N4O2/c1-2-6(13)12-7-5(3-11-12)8(14)10-4-9-7/h3-4,6,13H,1-2H2,(H,9,10,14). The van der Waals surface area contributed by atoms with Crippen molar-refractivity contribution in [3.63, 3.8) is 0 Å². The van der Waals surface area contributed by atoms with Gasteiger partial charge in [-0.2, -0.15) is 5.10 Å². The summed E-state index contributed by atoms with van der Waals surface area (Å²) in [6.45, 7) is 3.55. The van der Waals surface area contributed by atoms with Crippen LogP contribution in [0, 0.1) is 6.92 Å². The van der Waals surface area contributed by atoms with E-state index in [9.17, 15) is 9.90 Å². The van der Waals surface area contributed by atoms with Gasteiger partial charge in [-0.05, 0) is 13.3 Å². The number of hydrogen-bond acceptors (Lipinski definition) is 4. The molecule has 2 N–H and O–H groups in total. The number of aliphatic hydroxyl groups excluding tert-OH is 1. The number of fused-ring (bicyclic) bond motifs is 1. The number of aliphatic hydroxyl groups is 1. The molecule has 2 heterocycles. The van der Waals surface area contributed by atoms with Crippen molar-refractivity contribution in [2.24, 2.45) is 0 Å². The highest BCUT2D eigenvalue weighted by Gasteiger charge is 2.11. The Balaban J connectivity index is 2.70. The summed E-state index contributed by atoms with van der Waals surface area (Å²) in [7, 11) is 0. The van der Waals surface area contributed by atoms with Gasteiger partial charge in [0.2, 0.25) is 0 Å². The first-order valence-electron chi connectivity index (χ1n) is 4.12. The highest BCUT2D eigenvalue weighted by Crippen LogP contribution is 2.11. The van der Waals surface area contributed by atoms with Crippen molar-refractivity contribution >= 4 is 11.0 Å². The summed E-state index contributed by atoms with van der Waals surface area (Å²) in [5.41, 5.74) is 0.0995. The summed E-state index contributed by atoms with van der Waals surface area (Å²) in [5, 5.41) is 13.7. The molecule has 2 aromatic heterocycles. The molecule has 0 aromatic carbocycles. The highest BCUT2D eigenvalue weighted by atomic mass is 16.3. The zero-order valence-corrected chi connectivity index (χ0v) is 7.34. The molecule has 73 valence electrons. The summed E-state index contributed by atoms with van der Waals surface area (Å²) >= 11 is 0. The van der Waals surface area contributed by atoms with E-state index >= 15 is 0 Å². The molecule has 0 aliphatic rings. The Hall–Kier alpha value is -1.69. The van der Waals surface area contributed by atoms with Gasteiger partial charge in [0.05, 0.1) is 12.5 Å². The van der Waals surface area contributed by atoms with E-state index in [-0.39, 0.29) is 12.0 Å². The van der Waals surface area contributed by atoms with Gasteiger partial charge >= 0.3 is 0 Å². The summed E-state index contributed by atoms with van der Waals surface area (Å²) in [4.78, 5) is 17.6. The van der Waals surface area contributed by atoms with Crippen LogP contribution in [0.25, 0.3) is 11.0 Å². The van der Waals surface area contributed by atoms with Gasteiger partial charge in [-0.15, -0.1) is 0 Å². The lowest BCUT2D eigenvalue weighted by molar-refractivity contribution is 0.0972. The largest absolute Gasteiger partial charge is 0.372 e. The number of aromatic amines is 1.